The van der Waals surface area contributed by atoms with Gasteiger partial charge in [0.15, 0.2) is 0 Å². The fourth-order valence-electron chi connectivity index (χ4n) is 3.71. The first-order valence-corrected chi connectivity index (χ1v) is 12.7. The highest BCUT2D eigenvalue weighted by atomic mass is 32.1. The van der Waals surface area contributed by atoms with Crippen molar-refractivity contribution in [2.24, 2.45) is 0 Å². The Morgan fingerprint density at radius 1 is 0.793 bits per heavy atom. The second-order valence-corrected chi connectivity index (χ2v) is 10.3. The summed E-state index contributed by atoms with van der Waals surface area (Å²) in [4.78, 5) is 5.90. The van der Waals surface area contributed by atoms with Crippen molar-refractivity contribution >= 4 is 22.7 Å². The molecule has 2 heterocycles. The van der Waals surface area contributed by atoms with Gasteiger partial charge in [-0.15, -0.1) is 22.7 Å². The number of hydrogen-bond donors (Lipinski definition) is 0. The zero-order valence-corrected chi connectivity index (χ0v) is 19.8. The first kappa shape index (κ1) is 22.1. The monoisotopic (exact) mass is 426 g/mol. The van der Waals surface area contributed by atoms with E-state index in [2.05, 4.69) is 32.9 Å². The Bertz CT molecular complexity index is 860. The van der Waals surface area contributed by atoms with Crippen molar-refractivity contribution in [3.63, 3.8) is 0 Å². The third-order valence-electron chi connectivity index (χ3n) is 5.33. The smallest absolute Gasteiger partial charge is 0.119 e. The third kappa shape index (κ3) is 6.72. The van der Waals surface area contributed by atoms with E-state index in [1.54, 1.807) is 5.56 Å². The van der Waals surface area contributed by atoms with Gasteiger partial charge in [-0.2, -0.15) is 0 Å². The van der Waals surface area contributed by atoms with Gasteiger partial charge in [-0.3, -0.25) is 0 Å². The zero-order valence-electron chi connectivity index (χ0n) is 18.1. The van der Waals surface area contributed by atoms with Crippen LogP contribution in [0, 0.1) is 13.8 Å². The fourth-order valence-corrected chi connectivity index (χ4v) is 5.98. The summed E-state index contributed by atoms with van der Waals surface area (Å²) < 4.78 is 5.84. The van der Waals surface area contributed by atoms with Gasteiger partial charge in [0, 0.05) is 19.5 Å². The van der Waals surface area contributed by atoms with E-state index in [1.807, 2.05) is 53.0 Å². The summed E-state index contributed by atoms with van der Waals surface area (Å²) >= 11 is 3.95. The summed E-state index contributed by atoms with van der Waals surface area (Å²) in [6.45, 7) is 7.61. The van der Waals surface area contributed by atoms with Gasteiger partial charge in [-0.05, 0) is 81.3 Å². The molecule has 0 bridgehead atoms. The molecular weight excluding hydrogens is 392 g/mol. The van der Waals surface area contributed by atoms with Crippen LogP contribution < -0.4 is 4.74 Å². The first-order valence-electron chi connectivity index (χ1n) is 11.0. The highest BCUT2D eigenvalue weighted by Gasteiger charge is 2.14. The van der Waals surface area contributed by atoms with E-state index in [0.29, 0.717) is 0 Å². The third-order valence-corrected chi connectivity index (χ3v) is 7.69. The average molecular weight is 427 g/mol. The van der Waals surface area contributed by atoms with Crippen LogP contribution in [-0.2, 0) is 12.8 Å². The highest BCUT2D eigenvalue weighted by molar-refractivity contribution is 7.22. The molecule has 3 heteroatoms. The number of ether oxygens (including phenoxy) is 1. The van der Waals surface area contributed by atoms with E-state index in [-0.39, 0.29) is 0 Å². The Kier molecular flexibility index (Phi) is 8.82. The van der Waals surface area contributed by atoms with Crippen molar-refractivity contribution in [2.75, 3.05) is 6.61 Å². The summed E-state index contributed by atoms with van der Waals surface area (Å²) in [6, 6.07) is 15.0. The Labute approximate surface area is 184 Å². The van der Waals surface area contributed by atoms with Crippen LogP contribution in [0.25, 0.3) is 9.75 Å². The van der Waals surface area contributed by atoms with E-state index in [4.69, 9.17) is 4.74 Å². The van der Waals surface area contributed by atoms with Crippen LogP contribution in [0.4, 0.5) is 0 Å². The Morgan fingerprint density at radius 3 is 2.34 bits per heavy atom. The highest BCUT2D eigenvalue weighted by Crippen LogP contribution is 2.39. The number of rotatable bonds is 12. The van der Waals surface area contributed by atoms with Crippen LogP contribution >= 0.6 is 22.7 Å². The largest absolute Gasteiger partial charge is 0.494 e. The van der Waals surface area contributed by atoms with Crippen molar-refractivity contribution in [1.29, 1.82) is 0 Å². The summed E-state index contributed by atoms with van der Waals surface area (Å²) in [6.07, 6.45) is 9.98. The second kappa shape index (κ2) is 11.6. The second-order valence-electron chi connectivity index (χ2n) is 7.83. The predicted octanol–water partition coefficient (Wildman–Crippen LogP) is 8.62. The van der Waals surface area contributed by atoms with Gasteiger partial charge >= 0.3 is 0 Å². The maximum atomic E-state index is 5.84. The van der Waals surface area contributed by atoms with E-state index < -0.39 is 0 Å². The minimum Gasteiger partial charge on any atom is -0.494 e. The van der Waals surface area contributed by atoms with Crippen molar-refractivity contribution < 1.29 is 4.74 Å². The lowest BCUT2D eigenvalue weighted by molar-refractivity contribution is 0.307. The van der Waals surface area contributed by atoms with Gasteiger partial charge in [0.05, 0.1) is 6.61 Å². The van der Waals surface area contributed by atoms with Crippen LogP contribution in [0.1, 0.15) is 66.3 Å². The predicted molar refractivity (Wildman–Crippen MR) is 130 cm³/mol. The number of aryl methyl sites for hydroxylation is 4. The van der Waals surface area contributed by atoms with Gasteiger partial charge in [-0.1, -0.05) is 44.4 Å². The van der Waals surface area contributed by atoms with Crippen molar-refractivity contribution in [3.05, 3.63) is 63.3 Å². The molecule has 0 atom stereocenters. The molecule has 0 unspecified atom stereocenters. The van der Waals surface area contributed by atoms with Gasteiger partial charge in [0.25, 0.3) is 0 Å². The van der Waals surface area contributed by atoms with Crippen molar-refractivity contribution in [3.8, 4) is 15.5 Å². The lowest BCUT2D eigenvalue weighted by Gasteiger charge is -2.06. The van der Waals surface area contributed by atoms with E-state index in [0.717, 1.165) is 25.2 Å². The molecule has 156 valence electrons. The molecule has 0 radical (unpaired) electrons. The molecule has 29 heavy (non-hydrogen) atoms. The minimum atomic E-state index is 0.794. The summed E-state index contributed by atoms with van der Waals surface area (Å²) in [5.74, 6) is 0.972. The molecule has 1 aromatic carbocycles. The number of para-hydroxylation sites is 1. The van der Waals surface area contributed by atoms with E-state index in [1.165, 1.54) is 63.6 Å². The van der Waals surface area contributed by atoms with Crippen LogP contribution in [0.2, 0.25) is 0 Å². The number of benzene rings is 1. The zero-order chi connectivity index (χ0) is 20.5. The van der Waals surface area contributed by atoms with Gasteiger partial charge in [-0.25, -0.2) is 0 Å². The fraction of sp³-hybridized carbons (Fsp3) is 0.462. The Hall–Kier alpha value is -1.58. The molecule has 3 rings (SSSR count). The lowest BCUT2D eigenvalue weighted by Crippen LogP contribution is -1.98. The van der Waals surface area contributed by atoms with Crippen LogP contribution in [-0.4, -0.2) is 6.61 Å². The molecule has 0 N–H and O–H groups in total. The van der Waals surface area contributed by atoms with Crippen molar-refractivity contribution in [1.82, 2.24) is 0 Å². The van der Waals surface area contributed by atoms with Crippen molar-refractivity contribution in [2.45, 2.75) is 72.1 Å². The van der Waals surface area contributed by atoms with E-state index >= 15 is 0 Å². The Morgan fingerprint density at radius 2 is 1.55 bits per heavy atom. The molecule has 0 saturated carbocycles. The van der Waals surface area contributed by atoms with Crippen LogP contribution in [0.5, 0.6) is 5.75 Å². The molecule has 0 saturated heterocycles. The average Bonchev–Trinajstić information content (AvgIpc) is 3.28. The molecule has 0 fully saturated rings. The maximum absolute atomic E-state index is 5.84. The van der Waals surface area contributed by atoms with Crippen LogP contribution in [0.3, 0.4) is 0 Å². The van der Waals surface area contributed by atoms with Gasteiger partial charge in [0.2, 0.25) is 0 Å². The standard InChI is InChI=1S/C26H34OS2/c1-4-5-6-8-13-22-19-25(29-21(22)3)26-23(18-20(2)28-26)14-11-12-17-27-24-15-9-7-10-16-24/h7,9-10,15-16,18-19H,4-6,8,11-14,17H2,1-3H3. The molecule has 2 aromatic heterocycles. The number of unbranched alkanes of at least 4 members (excludes halogenated alkanes) is 4. The first-order chi connectivity index (χ1) is 14.2. The topological polar surface area (TPSA) is 9.23 Å². The SMILES string of the molecule is CCCCCCc1cc(-c2sc(C)cc2CCCCOc2ccccc2)sc1C. The molecule has 0 aliphatic carbocycles. The maximum Gasteiger partial charge on any atom is 0.119 e. The lowest BCUT2D eigenvalue weighted by atomic mass is 10.1. The molecule has 0 spiro atoms. The minimum absolute atomic E-state index is 0.794. The molecular formula is C26H34OS2. The van der Waals surface area contributed by atoms with E-state index in [9.17, 15) is 0 Å². The number of hydrogen-bond acceptors (Lipinski definition) is 3. The molecule has 0 amide bonds. The van der Waals surface area contributed by atoms with Crippen LogP contribution in [0.15, 0.2) is 42.5 Å². The normalized spacial score (nSPS) is 11.1. The summed E-state index contributed by atoms with van der Waals surface area (Å²) in [7, 11) is 0. The summed E-state index contributed by atoms with van der Waals surface area (Å²) in [5, 5.41) is 0. The molecule has 1 nitrogen and oxygen atoms in total. The molecule has 0 aliphatic heterocycles. The molecule has 3 aromatic rings. The Balaban J connectivity index is 1.54. The number of thiophene rings is 2. The quantitative estimate of drug-likeness (QED) is 0.263. The van der Waals surface area contributed by atoms with Gasteiger partial charge in [0.1, 0.15) is 5.75 Å². The summed E-state index contributed by atoms with van der Waals surface area (Å²) in [5.41, 5.74) is 3.08. The molecule has 0 aliphatic rings. The van der Waals surface area contributed by atoms with Gasteiger partial charge < -0.3 is 4.74 Å².